The van der Waals surface area contributed by atoms with Crippen LogP contribution in [0.5, 0.6) is 0 Å². The van der Waals surface area contributed by atoms with E-state index in [1.807, 2.05) is 12.1 Å². The SMILES string of the molecule is Clc1ccc2nc(Cl)c3ccnc(Cl)c3c2c1. The highest BCUT2D eigenvalue weighted by Crippen LogP contribution is 2.33. The number of pyridine rings is 2. The van der Waals surface area contributed by atoms with E-state index in [1.165, 1.54) is 0 Å². The molecular formula is C12H5Cl3N2. The van der Waals surface area contributed by atoms with Crippen LogP contribution in [-0.4, -0.2) is 9.97 Å². The molecule has 0 atom stereocenters. The lowest BCUT2D eigenvalue weighted by atomic mass is 10.1. The summed E-state index contributed by atoms with van der Waals surface area (Å²) in [5.74, 6) is 0. The van der Waals surface area contributed by atoms with Gasteiger partial charge in [-0.3, -0.25) is 0 Å². The van der Waals surface area contributed by atoms with Crippen LogP contribution in [0, 0.1) is 0 Å². The summed E-state index contributed by atoms with van der Waals surface area (Å²) in [5.41, 5.74) is 0.752. The fraction of sp³-hybridized carbons (Fsp3) is 0. The highest BCUT2D eigenvalue weighted by atomic mass is 35.5. The van der Waals surface area contributed by atoms with E-state index in [0.717, 1.165) is 21.7 Å². The van der Waals surface area contributed by atoms with Gasteiger partial charge in [-0.2, -0.15) is 0 Å². The molecule has 3 rings (SSSR count). The minimum Gasteiger partial charge on any atom is -0.244 e. The van der Waals surface area contributed by atoms with Crippen LogP contribution < -0.4 is 0 Å². The molecule has 0 radical (unpaired) electrons. The topological polar surface area (TPSA) is 25.8 Å². The second kappa shape index (κ2) is 3.98. The van der Waals surface area contributed by atoms with Gasteiger partial charge in [-0.05, 0) is 24.3 Å². The molecule has 0 saturated heterocycles. The molecule has 2 nitrogen and oxygen atoms in total. The summed E-state index contributed by atoms with van der Waals surface area (Å²) in [4.78, 5) is 8.37. The molecule has 0 fully saturated rings. The number of aromatic nitrogens is 2. The fourth-order valence-electron chi connectivity index (χ4n) is 1.84. The number of benzene rings is 1. The third kappa shape index (κ3) is 1.73. The van der Waals surface area contributed by atoms with E-state index in [2.05, 4.69) is 9.97 Å². The van der Waals surface area contributed by atoms with Crippen molar-refractivity contribution in [3.8, 4) is 0 Å². The van der Waals surface area contributed by atoms with E-state index in [-0.39, 0.29) is 0 Å². The zero-order valence-electron chi connectivity index (χ0n) is 8.42. The van der Waals surface area contributed by atoms with Gasteiger partial charge in [-0.1, -0.05) is 34.8 Å². The first-order chi connectivity index (χ1) is 8.16. The average molecular weight is 284 g/mol. The molecule has 1 aromatic carbocycles. The summed E-state index contributed by atoms with van der Waals surface area (Å²) in [6.45, 7) is 0. The summed E-state index contributed by atoms with van der Waals surface area (Å²) in [6, 6.07) is 7.18. The minimum atomic E-state index is 0.402. The average Bonchev–Trinajstić information content (AvgIpc) is 2.30. The number of hydrogen-bond acceptors (Lipinski definition) is 2. The molecule has 0 aliphatic rings. The molecule has 5 heteroatoms. The van der Waals surface area contributed by atoms with E-state index < -0.39 is 0 Å². The van der Waals surface area contributed by atoms with Gasteiger partial charge < -0.3 is 0 Å². The zero-order valence-corrected chi connectivity index (χ0v) is 10.7. The van der Waals surface area contributed by atoms with E-state index in [1.54, 1.807) is 18.3 Å². The molecule has 2 aromatic heterocycles. The highest BCUT2D eigenvalue weighted by Gasteiger charge is 2.10. The highest BCUT2D eigenvalue weighted by molar-refractivity contribution is 6.41. The van der Waals surface area contributed by atoms with Crippen molar-refractivity contribution in [2.45, 2.75) is 0 Å². The van der Waals surface area contributed by atoms with Gasteiger partial charge in [0.2, 0.25) is 0 Å². The van der Waals surface area contributed by atoms with E-state index in [4.69, 9.17) is 34.8 Å². The van der Waals surface area contributed by atoms with Crippen molar-refractivity contribution < 1.29 is 0 Å². The lowest BCUT2D eigenvalue weighted by molar-refractivity contribution is 1.35. The molecule has 0 N–H and O–H groups in total. The summed E-state index contributed by atoms with van der Waals surface area (Å²) < 4.78 is 0. The Morgan fingerprint density at radius 1 is 0.882 bits per heavy atom. The van der Waals surface area contributed by atoms with Crippen LogP contribution in [0.1, 0.15) is 0 Å². The number of hydrogen-bond donors (Lipinski definition) is 0. The Hall–Kier alpha value is -1.09. The summed E-state index contributed by atoms with van der Waals surface area (Å²) in [7, 11) is 0. The van der Waals surface area contributed by atoms with Crippen LogP contribution in [-0.2, 0) is 0 Å². The van der Waals surface area contributed by atoms with Crippen molar-refractivity contribution >= 4 is 56.5 Å². The smallest absolute Gasteiger partial charge is 0.137 e. The molecule has 0 saturated carbocycles. The first kappa shape index (κ1) is 11.0. The van der Waals surface area contributed by atoms with Gasteiger partial charge in [0.05, 0.1) is 5.52 Å². The molecule has 0 bridgehead atoms. The third-order valence-electron chi connectivity index (χ3n) is 2.57. The molecule has 0 aliphatic carbocycles. The normalized spacial score (nSPS) is 11.2. The molecule has 0 amide bonds. The number of rotatable bonds is 0. The van der Waals surface area contributed by atoms with Crippen LogP contribution in [0.25, 0.3) is 21.7 Å². The van der Waals surface area contributed by atoms with Gasteiger partial charge in [0.15, 0.2) is 0 Å². The maximum atomic E-state index is 6.12. The van der Waals surface area contributed by atoms with E-state index >= 15 is 0 Å². The molecule has 0 unspecified atom stereocenters. The van der Waals surface area contributed by atoms with Crippen LogP contribution in [0.3, 0.4) is 0 Å². The van der Waals surface area contributed by atoms with Crippen molar-refractivity contribution in [1.82, 2.24) is 9.97 Å². The Morgan fingerprint density at radius 2 is 1.71 bits per heavy atom. The number of fused-ring (bicyclic) bond motifs is 3. The third-order valence-corrected chi connectivity index (χ3v) is 3.38. The van der Waals surface area contributed by atoms with Crippen molar-refractivity contribution in [2.24, 2.45) is 0 Å². The molecule has 0 aliphatic heterocycles. The molecule has 0 spiro atoms. The Bertz CT molecular complexity index is 740. The van der Waals surface area contributed by atoms with Crippen molar-refractivity contribution in [1.29, 1.82) is 0 Å². The van der Waals surface area contributed by atoms with Gasteiger partial charge >= 0.3 is 0 Å². The quantitative estimate of drug-likeness (QED) is 0.440. The molecule has 17 heavy (non-hydrogen) atoms. The first-order valence-electron chi connectivity index (χ1n) is 4.86. The summed E-state index contributed by atoms with van der Waals surface area (Å²) in [5, 5.41) is 3.86. The Balaban J connectivity index is 2.65. The van der Waals surface area contributed by atoms with Crippen LogP contribution >= 0.6 is 34.8 Å². The van der Waals surface area contributed by atoms with Crippen molar-refractivity contribution in [2.75, 3.05) is 0 Å². The van der Waals surface area contributed by atoms with E-state index in [0.29, 0.717) is 15.3 Å². The van der Waals surface area contributed by atoms with Crippen LogP contribution in [0.15, 0.2) is 30.5 Å². The van der Waals surface area contributed by atoms with Crippen molar-refractivity contribution in [3.05, 3.63) is 45.8 Å². The lowest BCUT2D eigenvalue weighted by Gasteiger charge is -2.06. The lowest BCUT2D eigenvalue weighted by Crippen LogP contribution is -1.87. The summed E-state index contributed by atoms with van der Waals surface area (Å²) in [6.07, 6.45) is 1.61. The molecular weight excluding hydrogens is 279 g/mol. The molecule has 84 valence electrons. The predicted octanol–water partition coefficient (Wildman–Crippen LogP) is 4.74. The number of nitrogens with zero attached hydrogens (tertiary/aromatic N) is 2. The summed E-state index contributed by atoms with van der Waals surface area (Å²) >= 11 is 18.2. The first-order valence-corrected chi connectivity index (χ1v) is 5.99. The monoisotopic (exact) mass is 282 g/mol. The standard InChI is InChI=1S/C12H5Cl3N2/c13-6-1-2-9-8(5-6)10-7(11(14)17-9)3-4-16-12(10)15/h1-5H. The Kier molecular flexibility index (Phi) is 2.58. The van der Waals surface area contributed by atoms with Gasteiger partial charge in [-0.25, -0.2) is 9.97 Å². The van der Waals surface area contributed by atoms with Crippen molar-refractivity contribution in [3.63, 3.8) is 0 Å². The molecule has 2 heterocycles. The van der Waals surface area contributed by atoms with Gasteiger partial charge in [-0.15, -0.1) is 0 Å². The minimum absolute atomic E-state index is 0.402. The van der Waals surface area contributed by atoms with Crippen LogP contribution in [0.2, 0.25) is 15.3 Å². The van der Waals surface area contributed by atoms with Gasteiger partial charge in [0, 0.05) is 27.4 Å². The number of halogens is 3. The Morgan fingerprint density at radius 3 is 2.53 bits per heavy atom. The molecule has 3 aromatic rings. The second-order valence-corrected chi connectivity index (χ2v) is 4.74. The maximum absolute atomic E-state index is 6.12. The Labute approximate surface area is 112 Å². The van der Waals surface area contributed by atoms with E-state index in [9.17, 15) is 0 Å². The van der Waals surface area contributed by atoms with Gasteiger partial charge in [0.1, 0.15) is 10.3 Å². The van der Waals surface area contributed by atoms with Gasteiger partial charge in [0.25, 0.3) is 0 Å². The largest absolute Gasteiger partial charge is 0.244 e. The predicted molar refractivity (Wildman–Crippen MR) is 72.1 cm³/mol. The second-order valence-electron chi connectivity index (χ2n) is 3.59. The fourth-order valence-corrected chi connectivity index (χ4v) is 2.52. The van der Waals surface area contributed by atoms with Crippen LogP contribution in [0.4, 0.5) is 0 Å². The zero-order chi connectivity index (χ0) is 12.0. The maximum Gasteiger partial charge on any atom is 0.137 e.